The van der Waals surface area contributed by atoms with Crippen molar-refractivity contribution >= 4 is 17.7 Å². The van der Waals surface area contributed by atoms with Gasteiger partial charge in [-0.1, -0.05) is 49.9 Å². The molecule has 1 fully saturated rings. The van der Waals surface area contributed by atoms with Crippen LogP contribution >= 0.6 is 11.8 Å². The van der Waals surface area contributed by atoms with Gasteiger partial charge in [0.1, 0.15) is 0 Å². The Balaban J connectivity index is 1.54. The number of likely N-dealkylation sites (tertiary alicyclic amines) is 1. The Morgan fingerprint density at radius 3 is 2.60 bits per heavy atom. The van der Waals surface area contributed by atoms with Crippen LogP contribution in [0.15, 0.2) is 29.4 Å². The summed E-state index contributed by atoms with van der Waals surface area (Å²) in [6, 6.07) is 8.33. The first-order valence-electron chi connectivity index (χ1n) is 11.0. The molecule has 1 aliphatic rings. The van der Waals surface area contributed by atoms with Crippen molar-refractivity contribution < 1.29 is 4.79 Å². The Kier molecular flexibility index (Phi) is 7.94. The average molecular weight is 430 g/mol. The molecule has 0 spiro atoms. The number of nitrogens with zero attached hydrogens (tertiary/aromatic N) is 4. The maximum absolute atomic E-state index is 12.5. The molecular weight excluding hydrogens is 394 g/mol. The van der Waals surface area contributed by atoms with Crippen LogP contribution in [-0.2, 0) is 11.3 Å². The number of aryl methyl sites for hydroxylation is 1. The number of nitrogens with one attached hydrogen (secondary N) is 1. The number of hydrogen-bond acceptors (Lipinski definition) is 5. The summed E-state index contributed by atoms with van der Waals surface area (Å²) in [4.78, 5) is 15.0. The lowest BCUT2D eigenvalue weighted by Crippen LogP contribution is -2.47. The van der Waals surface area contributed by atoms with Gasteiger partial charge in [0.05, 0.1) is 5.75 Å². The minimum Gasteiger partial charge on any atom is -0.352 e. The Morgan fingerprint density at radius 2 is 1.93 bits per heavy atom. The van der Waals surface area contributed by atoms with Crippen LogP contribution in [0.3, 0.4) is 0 Å². The van der Waals surface area contributed by atoms with Crippen molar-refractivity contribution in [1.29, 1.82) is 0 Å². The third kappa shape index (κ3) is 5.85. The molecular formula is C23H35N5OS. The summed E-state index contributed by atoms with van der Waals surface area (Å²) in [6.45, 7) is 14.8. The van der Waals surface area contributed by atoms with Crippen LogP contribution in [0.5, 0.6) is 0 Å². The molecule has 0 saturated carbocycles. The maximum Gasteiger partial charge on any atom is 0.230 e. The molecule has 1 aromatic heterocycles. The zero-order chi connectivity index (χ0) is 21.7. The quantitative estimate of drug-likeness (QED) is 0.646. The van der Waals surface area contributed by atoms with E-state index in [9.17, 15) is 4.79 Å². The van der Waals surface area contributed by atoms with Gasteiger partial charge in [-0.3, -0.25) is 4.79 Å². The number of carbonyl (C=O) groups is 1. The van der Waals surface area contributed by atoms with Gasteiger partial charge in [-0.2, -0.15) is 0 Å². The maximum atomic E-state index is 12.5. The zero-order valence-corrected chi connectivity index (χ0v) is 19.7. The number of carbonyl (C=O) groups excluding carboxylic acids is 1. The molecule has 7 heteroatoms. The topological polar surface area (TPSA) is 63.1 Å². The fourth-order valence-electron chi connectivity index (χ4n) is 4.52. The van der Waals surface area contributed by atoms with E-state index in [0.717, 1.165) is 54.6 Å². The van der Waals surface area contributed by atoms with E-state index >= 15 is 0 Å². The van der Waals surface area contributed by atoms with Gasteiger partial charge in [0.15, 0.2) is 11.0 Å². The number of aromatic nitrogens is 3. The van der Waals surface area contributed by atoms with Crippen molar-refractivity contribution in [3.8, 4) is 11.4 Å². The molecule has 164 valence electrons. The first-order valence-corrected chi connectivity index (χ1v) is 12.0. The lowest BCUT2D eigenvalue weighted by atomic mass is 9.92. The van der Waals surface area contributed by atoms with Crippen molar-refractivity contribution in [2.45, 2.75) is 58.8 Å². The zero-order valence-electron chi connectivity index (χ0n) is 18.9. The van der Waals surface area contributed by atoms with Gasteiger partial charge in [-0.05, 0) is 44.6 Å². The molecule has 2 aromatic rings. The van der Waals surface area contributed by atoms with Crippen LogP contribution in [0.4, 0.5) is 0 Å². The van der Waals surface area contributed by atoms with Crippen molar-refractivity contribution in [2.24, 2.45) is 11.8 Å². The van der Waals surface area contributed by atoms with Crippen LogP contribution in [0.1, 0.15) is 39.7 Å². The molecule has 30 heavy (non-hydrogen) atoms. The molecule has 1 N–H and O–H groups in total. The molecule has 1 aliphatic heterocycles. The van der Waals surface area contributed by atoms with E-state index in [1.54, 1.807) is 0 Å². The lowest BCUT2D eigenvalue weighted by molar-refractivity contribution is -0.119. The monoisotopic (exact) mass is 429 g/mol. The van der Waals surface area contributed by atoms with E-state index in [1.165, 1.54) is 23.7 Å². The highest BCUT2D eigenvalue weighted by Crippen LogP contribution is 2.26. The average Bonchev–Trinajstić information content (AvgIpc) is 3.08. The van der Waals surface area contributed by atoms with Crippen molar-refractivity contribution in [2.75, 3.05) is 25.4 Å². The van der Waals surface area contributed by atoms with E-state index in [-0.39, 0.29) is 11.9 Å². The smallest absolute Gasteiger partial charge is 0.230 e. The molecule has 2 heterocycles. The van der Waals surface area contributed by atoms with Crippen molar-refractivity contribution in [3.05, 3.63) is 29.8 Å². The van der Waals surface area contributed by atoms with Crippen molar-refractivity contribution in [1.82, 2.24) is 25.0 Å². The summed E-state index contributed by atoms with van der Waals surface area (Å²) in [5.74, 6) is 2.72. The second-order valence-corrected chi connectivity index (χ2v) is 9.73. The van der Waals surface area contributed by atoms with Gasteiger partial charge < -0.3 is 14.8 Å². The predicted molar refractivity (Wildman–Crippen MR) is 124 cm³/mol. The number of thioether (sulfide) groups is 1. The molecule has 3 atom stereocenters. The summed E-state index contributed by atoms with van der Waals surface area (Å²) < 4.78 is 2.08. The van der Waals surface area contributed by atoms with Gasteiger partial charge >= 0.3 is 0 Å². The third-order valence-corrected chi connectivity index (χ3v) is 6.60. The molecule has 6 nitrogen and oxygen atoms in total. The summed E-state index contributed by atoms with van der Waals surface area (Å²) in [7, 11) is 0. The third-order valence-electron chi connectivity index (χ3n) is 5.64. The van der Waals surface area contributed by atoms with Crippen LogP contribution in [0.2, 0.25) is 0 Å². The largest absolute Gasteiger partial charge is 0.352 e. The summed E-state index contributed by atoms with van der Waals surface area (Å²) in [5, 5.41) is 12.7. The Morgan fingerprint density at radius 1 is 1.23 bits per heavy atom. The normalized spacial score (nSPS) is 20.8. The fourth-order valence-corrected chi connectivity index (χ4v) is 5.34. The Hall–Kier alpha value is -1.86. The van der Waals surface area contributed by atoms with E-state index in [4.69, 9.17) is 0 Å². The molecule has 3 unspecified atom stereocenters. The predicted octanol–water partition coefficient (Wildman–Crippen LogP) is 3.85. The van der Waals surface area contributed by atoms with E-state index in [0.29, 0.717) is 5.75 Å². The van der Waals surface area contributed by atoms with E-state index in [1.807, 2.05) is 12.1 Å². The first-order chi connectivity index (χ1) is 14.4. The van der Waals surface area contributed by atoms with E-state index < -0.39 is 0 Å². The molecule has 0 aliphatic carbocycles. The Bertz CT molecular complexity index is 842. The highest BCUT2D eigenvalue weighted by Gasteiger charge is 2.23. The molecule has 1 saturated heterocycles. The SMILES string of the molecule is CCn1c(SCC(=O)NC(C)CN2CC(C)CC(C)C2)nnc1-c1ccccc1C. The van der Waals surface area contributed by atoms with Gasteiger partial charge in [0.25, 0.3) is 0 Å². The second kappa shape index (κ2) is 10.4. The summed E-state index contributed by atoms with van der Waals surface area (Å²) in [6.07, 6.45) is 1.30. The van der Waals surface area contributed by atoms with Gasteiger partial charge in [-0.15, -0.1) is 10.2 Å². The summed E-state index contributed by atoms with van der Waals surface area (Å²) >= 11 is 1.45. The standard InChI is InChI=1S/C23H35N5OS/c1-6-28-22(20-10-8-7-9-18(20)4)25-26-23(28)30-15-21(29)24-19(5)14-27-12-16(2)11-17(3)13-27/h7-10,16-17,19H,6,11-15H2,1-5H3,(H,24,29). The molecule has 3 rings (SSSR count). The molecule has 1 aromatic carbocycles. The minimum atomic E-state index is 0.0497. The summed E-state index contributed by atoms with van der Waals surface area (Å²) in [5.41, 5.74) is 2.26. The second-order valence-electron chi connectivity index (χ2n) is 8.79. The lowest BCUT2D eigenvalue weighted by Gasteiger charge is -2.36. The van der Waals surface area contributed by atoms with Crippen molar-refractivity contribution in [3.63, 3.8) is 0 Å². The van der Waals surface area contributed by atoms with Crippen LogP contribution < -0.4 is 5.32 Å². The highest BCUT2D eigenvalue weighted by atomic mass is 32.2. The Labute approximate surface area is 184 Å². The fraction of sp³-hybridized carbons (Fsp3) is 0.609. The van der Waals surface area contributed by atoms with Gasteiger partial charge in [0, 0.05) is 37.8 Å². The first kappa shape index (κ1) is 22.8. The number of hydrogen-bond donors (Lipinski definition) is 1. The number of rotatable bonds is 8. The number of benzene rings is 1. The molecule has 0 bridgehead atoms. The minimum absolute atomic E-state index is 0.0497. The number of piperidine rings is 1. The number of amides is 1. The van der Waals surface area contributed by atoms with Crippen LogP contribution in [0, 0.1) is 18.8 Å². The van der Waals surface area contributed by atoms with Gasteiger partial charge in [0.2, 0.25) is 5.91 Å². The molecule has 1 amide bonds. The highest BCUT2D eigenvalue weighted by molar-refractivity contribution is 7.99. The van der Waals surface area contributed by atoms with Crippen LogP contribution in [0.25, 0.3) is 11.4 Å². The van der Waals surface area contributed by atoms with Crippen LogP contribution in [-0.4, -0.2) is 57.0 Å². The molecule has 0 radical (unpaired) electrons. The van der Waals surface area contributed by atoms with E-state index in [2.05, 4.69) is 71.7 Å². The van der Waals surface area contributed by atoms with Gasteiger partial charge in [-0.25, -0.2) is 0 Å².